The first-order valence-corrected chi connectivity index (χ1v) is 7.98. The highest BCUT2D eigenvalue weighted by atomic mass is 16.5. The van der Waals surface area contributed by atoms with Gasteiger partial charge in [0.15, 0.2) is 0 Å². The van der Waals surface area contributed by atoms with Crippen molar-refractivity contribution in [1.82, 2.24) is 0 Å². The van der Waals surface area contributed by atoms with Crippen LogP contribution in [-0.2, 0) is 9.53 Å². The van der Waals surface area contributed by atoms with Gasteiger partial charge < -0.3 is 9.47 Å². The van der Waals surface area contributed by atoms with Gasteiger partial charge in [-0.15, -0.1) is 0 Å². The van der Waals surface area contributed by atoms with Crippen molar-refractivity contribution in [1.29, 1.82) is 0 Å². The van der Waals surface area contributed by atoms with Gasteiger partial charge in [0.25, 0.3) is 0 Å². The number of ether oxygens (including phenoxy) is 2. The molecule has 1 saturated carbocycles. The number of carbonyl (C=O) groups excluding carboxylic acids is 1. The van der Waals surface area contributed by atoms with Crippen LogP contribution in [0.1, 0.15) is 56.4 Å². The van der Waals surface area contributed by atoms with Gasteiger partial charge in [-0.2, -0.15) is 0 Å². The summed E-state index contributed by atoms with van der Waals surface area (Å²) in [5, 5.41) is 0. The van der Waals surface area contributed by atoms with Crippen LogP contribution < -0.4 is 4.74 Å². The fraction of sp³-hybridized carbons (Fsp3) is 0.611. The molecule has 0 spiro atoms. The van der Waals surface area contributed by atoms with Crippen LogP contribution in [0.15, 0.2) is 24.3 Å². The van der Waals surface area contributed by atoms with E-state index in [0.717, 1.165) is 24.2 Å². The molecule has 1 aliphatic rings. The Morgan fingerprint density at radius 2 is 1.57 bits per heavy atom. The summed E-state index contributed by atoms with van der Waals surface area (Å²) in [6.07, 6.45) is 8.57. The number of esters is 1. The van der Waals surface area contributed by atoms with Crippen LogP contribution in [0, 0.1) is 5.92 Å². The second kappa shape index (κ2) is 8.06. The molecule has 1 unspecified atom stereocenters. The molecule has 2 rings (SSSR count). The van der Waals surface area contributed by atoms with Gasteiger partial charge in [0, 0.05) is 0 Å². The molecule has 0 heterocycles. The maximum Gasteiger partial charge on any atom is 0.313 e. The predicted octanol–water partition coefficient (Wildman–Crippen LogP) is 4.31. The minimum absolute atomic E-state index is 0.106. The van der Waals surface area contributed by atoms with Crippen molar-refractivity contribution in [2.45, 2.75) is 50.9 Å². The number of rotatable bonds is 4. The number of hydrogen-bond acceptors (Lipinski definition) is 3. The molecule has 0 amide bonds. The molecule has 116 valence electrons. The Kier molecular flexibility index (Phi) is 6.09. The monoisotopic (exact) mass is 290 g/mol. The van der Waals surface area contributed by atoms with Crippen molar-refractivity contribution >= 4 is 5.97 Å². The third-order valence-corrected chi connectivity index (χ3v) is 4.55. The van der Waals surface area contributed by atoms with Gasteiger partial charge in [0.1, 0.15) is 5.75 Å². The highest BCUT2D eigenvalue weighted by Crippen LogP contribution is 2.36. The van der Waals surface area contributed by atoms with Crippen LogP contribution >= 0.6 is 0 Å². The molecule has 0 radical (unpaired) electrons. The number of benzene rings is 1. The largest absolute Gasteiger partial charge is 0.497 e. The van der Waals surface area contributed by atoms with Crippen molar-refractivity contribution < 1.29 is 14.3 Å². The third-order valence-electron chi connectivity index (χ3n) is 4.55. The average molecular weight is 290 g/mol. The van der Waals surface area contributed by atoms with Crippen molar-refractivity contribution in [3.05, 3.63) is 29.8 Å². The SMILES string of the molecule is COC(=O)C(c1ccc(OC)cc1)C1CCCCCCC1. The van der Waals surface area contributed by atoms with Crippen LogP contribution in [-0.4, -0.2) is 20.2 Å². The molecular weight excluding hydrogens is 264 g/mol. The van der Waals surface area contributed by atoms with E-state index in [4.69, 9.17) is 9.47 Å². The predicted molar refractivity (Wildman–Crippen MR) is 83.6 cm³/mol. The van der Waals surface area contributed by atoms with Gasteiger partial charge in [0.05, 0.1) is 20.1 Å². The first-order valence-electron chi connectivity index (χ1n) is 7.98. The normalized spacial score (nSPS) is 18.4. The van der Waals surface area contributed by atoms with E-state index < -0.39 is 0 Å². The molecule has 0 aliphatic heterocycles. The van der Waals surface area contributed by atoms with Crippen molar-refractivity contribution in [2.75, 3.05) is 14.2 Å². The van der Waals surface area contributed by atoms with Crippen molar-refractivity contribution in [3.8, 4) is 5.75 Å². The van der Waals surface area contributed by atoms with Gasteiger partial charge in [0.2, 0.25) is 0 Å². The fourth-order valence-corrected chi connectivity index (χ4v) is 3.36. The van der Waals surface area contributed by atoms with E-state index in [-0.39, 0.29) is 11.9 Å². The summed E-state index contributed by atoms with van der Waals surface area (Å²) >= 11 is 0. The molecule has 0 saturated heterocycles. The first-order chi connectivity index (χ1) is 10.3. The van der Waals surface area contributed by atoms with Crippen molar-refractivity contribution in [3.63, 3.8) is 0 Å². The highest BCUT2D eigenvalue weighted by molar-refractivity contribution is 5.78. The summed E-state index contributed by atoms with van der Waals surface area (Å²) in [7, 11) is 3.14. The van der Waals surface area contributed by atoms with Gasteiger partial charge in [-0.1, -0.05) is 44.2 Å². The number of hydrogen-bond donors (Lipinski definition) is 0. The quantitative estimate of drug-likeness (QED) is 0.775. The van der Waals surface area contributed by atoms with Crippen LogP contribution in [0.3, 0.4) is 0 Å². The summed E-state index contributed by atoms with van der Waals surface area (Å²) in [6.45, 7) is 0. The third kappa shape index (κ3) is 4.23. The summed E-state index contributed by atoms with van der Waals surface area (Å²) in [4.78, 5) is 12.3. The van der Waals surface area contributed by atoms with E-state index >= 15 is 0 Å². The first kappa shape index (κ1) is 15.9. The van der Waals surface area contributed by atoms with E-state index in [0.29, 0.717) is 5.92 Å². The lowest BCUT2D eigenvalue weighted by Gasteiger charge is -2.27. The Labute approximate surface area is 127 Å². The lowest BCUT2D eigenvalue weighted by atomic mass is 9.78. The van der Waals surface area contributed by atoms with Crippen LogP contribution in [0.4, 0.5) is 0 Å². The zero-order chi connectivity index (χ0) is 15.1. The molecule has 1 aromatic carbocycles. The summed E-state index contributed by atoms with van der Waals surface area (Å²) in [6, 6.07) is 7.85. The molecule has 3 heteroatoms. The standard InChI is InChI=1S/C18H26O3/c1-20-16-12-10-15(11-13-16)17(18(19)21-2)14-8-6-4-3-5-7-9-14/h10-14,17H,3-9H2,1-2H3. The van der Waals surface area contributed by atoms with Gasteiger partial charge in [-0.25, -0.2) is 0 Å². The van der Waals surface area contributed by atoms with Crippen molar-refractivity contribution in [2.24, 2.45) is 5.92 Å². The van der Waals surface area contributed by atoms with E-state index in [9.17, 15) is 4.79 Å². The second-order valence-electron chi connectivity index (χ2n) is 5.88. The lowest BCUT2D eigenvalue weighted by molar-refractivity contribution is -0.144. The zero-order valence-electron chi connectivity index (χ0n) is 13.1. The van der Waals surface area contributed by atoms with E-state index in [1.54, 1.807) is 7.11 Å². The van der Waals surface area contributed by atoms with Gasteiger partial charge in [-0.3, -0.25) is 4.79 Å². The highest BCUT2D eigenvalue weighted by Gasteiger charge is 2.30. The summed E-state index contributed by atoms with van der Waals surface area (Å²) in [5.74, 6) is 0.968. The van der Waals surface area contributed by atoms with Gasteiger partial charge in [-0.05, 0) is 36.5 Å². The fourth-order valence-electron chi connectivity index (χ4n) is 3.36. The Morgan fingerprint density at radius 1 is 1.00 bits per heavy atom. The van der Waals surface area contributed by atoms with Crippen LogP contribution in [0.5, 0.6) is 5.75 Å². The van der Waals surface area contributed by atoms with Crippen LogP contribution in [0.25, 0.3) is 0 Å². The minimum Gasteiger partial charge on any atom is -0.497 e. The molecule has 0 N–H and O–H groups in total. The average Bonchev–Trinajstić information content (AvgIpc) is 2.49. The summed E-state index contributed by atoms with van der Waals surface area (Å²) in [5.41, 5.74) is 1.05. The smallest absolute Gasteiger partial charge is 0.313 e. The zero-order valence-corrected chi connectivity index (χ0v) is 13.1. The molecular formula is C18H26O3. The van der Waals surface area contributed by atoms with E-state index in [2.05, 4.69) is 0 Å². The number of methoxy groups -OCH3 is 2. The molecule has 1 fully saturated rings. The Morgan fingerprint density at radius 3 is 2.10 bits per heavy atom. The lowest BCUT2D eigenvalue weighted by Crippen LogP contribution is -2.24. The van der Waals surface area contributed by atoms with Crippen LogP contribution in [0.2, 0.25) is 0 Å². The molecule has 0 aromatic heterocycles. The molecule has 1 aliphatic carbocycles. The molecule has 21 heavy (non-hydrogen) atoms. The molecule has 3 nitrogen and oxygen atoms in total. The Bertz CT molecular complexity index is 430. The molecule has 1 aromatic rings. The van der Waals surface area contributed by atoms with Gasteiger partial charge >= 0.3 is 5.97 Å². The maximum atomic E-state index is 12.3. The Balaban J connectivity index is 2.21. The minimum atomic E-state index is -0.140. The topological polar surface area (TPSA) is 35.5 Å². The Hall–Kier alpha value is -1.51. The van der Waals surface area contributed by atoms with E-state index in [1.807, 2.05) is 24.3 Å². The molecule has 0 bridgehead atoms. The molecule has 1 atom stereocenters. The van der Waals surface area contributed by atoms with E-state index in [1.165, 1.54) is 39.2 Å². The maximum absolute atomic E-state index is 12.3. The second-order valence-corrected chi connectivity index (χ2v) is 5.88. The number of carbonyl (C=O) groups is 1. The summed E-state index contributed by atoms with van der Waals surface area (Å²) < 4.78 is 10.3.